The van der Waals surface area contributed by atoms with E-state index < -0.39 is 32.0 Å². The summed E-state index contributed by atoms with van der Waals surface area (Å²) in [6.07, 6.45) is -2.69. The number of halogens is 3. The molecule has 0 bridgehead atoms. The number of benzene rings is 1. The molecule has 1 N–H and O–H groups in total. The number of nitrogens with zero attached hydrogens (tertiary/aromatic N) is 1. The average Bonchev–Trinajstić information content (AvgIpc) is 2.36. The molecule has 0 saturated heterocycles. The highest BCUT2D eigenvalue weighted by Gasteiger charge is 2.32. The molecule has 0 amide bonds. The molecular formula is C12H9F3N2O3S. The standard InChI is InChI=1S/C12H9F3N2O3S/c1-21(19,20)10-6-7(12(13,14)15)2-3-8(10)9-4-5-16-17-11(9)18/h2-6H,1H3,(H,17,18). The van der Waals surface area contributed by atoms with Gasteiger partial charge in [0.1, 0.15) is 0 Å². The first kappa shape index (κ1) is 15.2. The molecule has 0 aliphatic rings. The van der Waals surface area contributed by atoms with Crippen LogP contribution in [0.5, 0.6) is 0 Å². The number of aromatic amines is 1. The summed E-state index contributed by atoms with van der Waals surface area (Å²) in [5.41, 5.74) is -1.97. The molecule has 2 aromatic rings. The molecule has 1 aromatic heterocycles. The molecule has 5 nitrogen and oxygen atoms in total. The van der Waals surface area contributed by atoms with Gasteiger partial charge >= 0.3 is 6.18 Å². The van der Waals surface area contributed by atoms with Crippen LogP contribution in [0.3, 0.4) is 0 Å². The van der Waals surface area contributed by atoms with Gasteiger partial charge in [0.05, 0.1) is 16.0 Å². The summed E-state index contributed by atoms with van der Waals surface area (Å²) in [6.45, 7) is 0. The van der Waals surface area contributed by atoms with Gasteiger partial charge in [-0.25, -0.2) is 13.5 Å². The van der Waals surface area contributed by atoms with Crippen LogP contribution < -0.4 is 5.56 Å². The van der Waals surface area contributed by atoms with Gasteiger partial charge in [-0.1, -0.05) is 6.07 Å². The number of rotatable bonds is 2. The van der Waals surface area contributed by atoms with Gasteiger partial charge in [-0.3, -0.25) is 4.79 Å². The molecular weight excluding hydrogens is 309 g/mol. The summed E-state index contributed by atoms with van der Waals surface area (Å²) in [5, 5.41) is 5.55. The van der Waals surface area contributed by atoms with Gasteiger partial charge in [-0.15, -0.1) is 0 Å². The van der Waals surface area contributed by atoms with Gasteiger partial charge in [-0.2, -0.15) is 18.3 Å². The Morgan fingerprint density at radius 2 is 1.81 bits per heavy atom. The van der Waals surface area contributed by atoms with Gasteiger partial charge in [0.25, 0.3) is 5.56 Å². The largest absolute Gasteiger partial charge is 0.416 e. The summed E-state index contributed by atoms with van der Waals surface area (Å²) in [5.74, 6) is 0. The number of hydrogen-bond acceptors (Lipinski definition) is 4. The Balaban J connectivity index is 2.80. The van der Waals surface area contributed by atoms with Gasteiger partial charge in [0.2, 0.25) is 0 Å². The molecule has 0 radical (unpaired) electrons. The van der Waals surface area contributed by atoms with Crippen molar-refractivity contribution in [2.75, 3.05) is 6.26 Å². The van der Waals surface area contributed by atoms with Gasteiger partial charge in [-0.05, 0) is 18.2 Å². The maximum absolute atomic E-state index is 12.7. The molecule has 0 atom stereocenters. The summed E-state index contributed by atoms with van der Waals surface area (Å²) < 4.78 is 61.5. The number of sulfone groups is 1. The first-order chi connectivity index (χ1) is 9.60. The lowest BCUT2D eigenvalue weighted by Crippen LogP contribution is -2.13. The van der Waals surface area contributed by atoms with Crippen LogP contribution in [-0.2, 0) is 16.0 Å². The summed E-state index contributed by atoms with van der Waals surface area (Å²) in [7, 11) is -3.95. The monoisotopic (exact) mass is 318 g/mol. The maximum Gasteiger partial charge on any atom is 0.416 e. The van der Waals surface area contributed by atoms with E-state index in [0.717, 1.165) is 18.4 Å². The molecule has 1 heterocycles. The second kappa shape index (κ2) is 4.99. The molecule has 21 heavy (non-hydrogen) atoms. The molecule has 9 heteroatoms. The van der Waals surface area contributed by atoms with Crippen molar-refractivity contribution in [2.45, 2.75) is 11.1 Å². The SMILES string of the molecule is CS(=O)(=O)c1cc(C(F)(F)F)ccc1-c1ccn[nH]c1=O. The summed E-state index contributed by atoms with van der Waals surface area (Å²) in [6, 6.07) is 3.44. The first-order valence-corrected chi connectivity index (χ1v) is 7.45. The third-order valence-corrected chi connectivity index (χ3v) is 3.86. The lowest BCUT2D eigenvalue weighted by molar-refractivity contribution is -0.137. The number of hydrogen-bond donors (Lipinski definition) is 1. The third-order valence-electron chi connectivity index (χ3n) is 2.73. The van der Waals surface area contributed by atoms with Crippen molar-refractivity contribution < 1.29 is 21.6 Å². The minimum absolute atomic E-state index is 0.0702. The quantitative estimate of drug-likeness (QED) is 0.916. The molecule has 2 rings (SSSR count). The van der Waals surface area contributed by atoms with Gasteiger partial charge in [0, 0.05) is 18.0 Å². The van der Waals surface area contributed by atoms with Crippen LogP contribution in [0, 0.1) is 0 Å². The fourth-order valence-corrected chi connectivity index (χ4v) is 2.70. The zero-order chi connectivity index (χ0) is 15.8. The predicted octanol–water partition coefficient (Wildman–Crippen LogP) is 1.86. The summed E-state index contributed by atoms with van der Waals surface area (Å²) >= 11 is 0. The maximum atomic E-state index is 12.7. The van der Waals surface area contributed by atoms with Crippen molar-refractivity contribution in [3.8, 4) is 11.1 Å². The Labute approximate surface area is 117 Å². The van der Waals surface area contributed by atoms with E-state index in [4.69, 9.17) is 0 Å². The zero-order valence-corrected chi connectivity index (χ0v) is 11.4. The van der Waals surface area contributed by atoms with E-state index in [9.17, 15) is 26.4 Å². The lowest BCUT2D eigenvalue weighted by atomic mass is 10.1. The molecule has 0 spiro atoms. The van der Waals surface area contributed by atoms with Crippen molar-refractivity contribution in [1.29, 1.82) is 0 Å². The smallest absolute Gasteiger partial charge is 0.267 e. The Bertz CT molecular complexity index is 841. The van der Waals surface area contributed by atoms with Crippen LogP contribution >= 0.6 is 0 Å². The normalized spacial score (nSPS) is 12.4. The van der Waals surface area contributed by atoms with E-state index in [0.29, 0.717) is 6.07 Å². The van der Waals surface area contributed by atoms with Crippen LogP contribution in [0.25, 0.3) is 11.1 Å². The number of aromatic nitrogens is 2. The molecule has 0 fully saturated rings. The highest BCUT2D eigenvalue weighted by molar-refractivity contribution is 7.90. The molecule has 0 unspecified atom stereocenters. The second-order valence-electron chi connectivity index (χ2n) is 4.28. The van der Waals surface area contributed by atoms with Crippen molar-refractivity contribution in [3.05, 3.63) is 46.4 Å². The predicted molar refractivity (Wildman–Crippen MR) is 68.4 cm³/mol. The molecule has 1 aromatic carbocycles. The van der Waals surface area contributed by atoms with Crippen molar-refractivity contribution >= 4 is 9.84 Å². The Hall–Kier alpha value is -2.16. The minimum atomic E-state index is -4.68. The Morgan fingerprint density at radius 3 is 2.33 bits per heavy atom. The number of alkyl halides is 3. The number of nitrogens with one attached hydrogen (secondary N) is 1. The number of H-pyrrole nitrogens is 1. The van der Waals surface area contributed by atoms with E-state index in [1.165, 1.54) is 12.3 Å². The fraction of sp³-hybridized carbons (Fsp3) is 0.167. The van der Waals surface area contributed by atoms with Gasteiger partial charge < -0.3 is 0 Å². The van der Waals surface area contributed by atoms with E-state index in [2.05, 4.69) is 10.2 Å². The van der Waals surface area contributed by atoms with E-state index >= 15 is 0 Å². The Morgan fingerprint density at radius 1 is 1.14 bits per heavy atom. The van der Waals surface area contributed by atoms with Crippen LogP contribution in [0.1, 0.15) is 5.56 Å². The highest BCUT2D eigenvalue weighted by atomic mass is 32.2. The molecule has 0 aliphatic heterocycles. The topological polar surface area (TPSA) is 79.9 Å². The van der Waals surface area contributed by atoms with Crippen LogP contribution in [0.2, 0.25) is 0 Å². The van der Waals surface area contributed by atoms with Crippen LogP contribution in [0.4, 0.5) is 13.2 Å². The van der Waals surface area contributed by atoms with E-state index in [-0.39, 0.29) is 11.1 Å². The minimum Gasteiger partial charge on any atom is -0.267 e. The molecule has 112 valence electrons. The highest BCUT2D eigenvalue weighted by Crippen LogP contribution is 2.34. The second-order valence-corrected chi connectivity index (χ2v) is 6.26. The fourth-order valence-electron chi connectivity index (χ4n) is 1.78. The van der Waals surface area contributed by atoms with Gasteiger partial charge in [0.15, 0.2) is 9.84 Å². The van der Waals surface area contributed by atoms with Crippen molar-refractivity contribution in [3.63, 3.8) is 0 Å². The van der Waals surface area contributed by atoms with Crippen LogP contribution in [0.15, 0.2) is 40.2 Å². The molecule has 0 aliphatic carbocycles. The van der Waals surface area contributed by atoms with Crippen LogP contribution in [-0.4, -0.2) is 24.9 Å². The Kier molecular flexibility index (Phi) is 3.62. The van der Waals surface area contributed by atoms with Crippen molar-refractivity contribution in [2.24, 2.45) is 0 Å². The average molecular weight is 318 g/mol. The third kappa shape index (κ3) is 3.13. The zero-order valence-electron chi connectivity index (χ0n) is 10.6. The summed E-state index contributed by atoms with van der Waals surface area (Å²) in [4.78, 5) is 11.1. The lowest BCUT2D eigenvalue weighted by Gasteiger charge is -2.12. The van der Waals surface area contributed by atoms with E-state index in [1.807, 2.05) is 0 Å². The van der Waals surface area contributed by atoms with Crippen molar-refractivity contribution in [1.82, 2.24) is 10.2 Å². The van der Waals surface area contributed by atoms with E-state index in [1.54, 1.807) is 0 Å². The molecule has 0 saturated carbocycles. The first-order valence-electron chi connectivity index (χ1n) is 5.56.